The summed E-state index contributed by atoms with van der Waals surface area (Å²) < 4.78 is 23.8. The molecule has 0 bridgehead atoms. The molecule has 0 aliphatic carbocycles. The molecule has 0 nitrogen and oxygen atoms in total. The molecular weight excluding hydrogens is 110 g/mol. The fourth-order valence-corrected chi connectivity index (χ4v) is 0.387. The van der Waals surface area contributed by atoms with Crippen LogP contribution in [0.2, 0.25) is 0 Å². The lowest BCUT2D eigenvalue weighted by Gasteiger charge is -1.82. The molecule has 0 atom stereocenters. The van der Waals surface area contributed by atoms with Gasteiger partial charge in [-0.05, 0) is 18.2 Å². The Labute approximate surface area is 45.8 Å². The normalized spacial score (nSPS) is 9.25. The second-order valence-electron chi connectivity index (χ2n) is 1.35. The first kappa shape index (κ1) is 5.22. The van der Waals surface area contributed by atoms with Crippen molar-refractivity contribution in [2.75, 3.05) is 0 Å². The molecular formula is C6H3F2. The Morgan fingerprint density at radius 1 is 1.25 bits per heavy atom. The highest BCUT2D eigenvalue weighted by molar-refractivity contribution is 5.03. The van der Waals surface area contributed by atoms with Crippen LogP contribution < -0.4 is 0 Å². The van der Waals surface area contributed by atoms with E-state index in [0.717, 1.165) is 18.2 Å². The van der Waals surface area contributed by atoms with Crippen LogP contribution in [-0.2, 0) is 0 Å². The minimum Gasteiger partial charge on any atom is -0.207 e. The molecule has 41 valence electrons. The molecule has 0 heterocycles. The van der Waals surface area contributed by atoms with Gasteiger partial charge in [-0.2, -0.15) is 0 Å². The minimum atomic E-state index is -0.536. The lowest BCUT2D eigenvalue weighted by molar-refractivity contribution is 0.598. The zero-order valence-corrected chi connectivity index (χ0v) is 3.99. The van der Waals surface area contributed by atoms with Gasteiger partial charge in [0.1, 0.15) is 11.6 Å². The molecule has 0 unspecified atom stereocenters. The van der Waals surface area contributed by atoms with Gasteiger partial charge in [0, 0.05) is 6.07 Å². The summed E-state index contributed by atoms with van der Waals surface area (Å²) in [6, 6.07) is 5.08. The Balaban J connectivity index is 3.03. The maximum atomic E-state index is 11.9. The van der Waals surface area contributed by atoms with Crippen LogP contribution in [-0.4, -0.2) is 0 Å². The summed E-state index contributed by atoms with van der Waals surface area (Å²) in [6.45, 7) is 0. The van der Waals surface area contributed by atoms with E-state index in [4.69, 9.17) is 0 Å². The fourth-order valence-electron chi connectivity index (χ4n) is 0.387. The summed E-state index contributed by atoms with van der Waals surface area (Å²) in [6.07, 6.45) is 0. The van der Waals surface area contributed by atoms with Gasteiger partial charge in [0.25, 0.3) is 0 Å². The van der Waals surface area contributed by atoms with Gasteiger partial charge in [-0.15, -0.1) is 0 Å². The number of halogens is 2. The topological polar surface area (TPSA) is 0 Å². The molecule has 0 saturated carbocycles. The van der Waals surface area contributed by atoms with E-state index >= 15 is 0 Å². The summed E-state index contributed by atoms with van der Waals surface area (Å²) in [5, 5.41) is 0. The van der Waals surface area contributed by atoms with Crippen molar-refractivity contribution >= 4 is 0 Å². The largest absolute Gasteiger partial charge is 0.207 e. The van der Waals surface area contributed by atoms with Crippen molar-refractivity contribution in [1.29, 1.82) is 0 Å². The third kappa shape index (κ3) is 1.03. The average Bonchev–Trinajstić information content (AvgIpc) is 1.77. The number of hydrogen-bond donors (Lipinski definition) is 0. The molecule has 0 aliphatic heterocycles. The van der Waals surface area contributed by atoms with Gasteiger partial charge in [0.15, 0.2) is 0 Å². The first-order chi connectivity index (χ1) is 3.79. The number of hydrogen-bond acceptors (Lipinski definition) is 0. The lowest BCUT2D eigenvalue weighted by atomic mass is 10.3. The van der Waals surface area contributed by atoms with E-state index in [-0.39, 0.29) is 0 Å². The van der Waals surface area contributed by atoms with Crippen LogP contribution in [0, 0.1) is 17.7 Å². The van der Waals surface area contributed by atoms with Gasteiger partial charge < -0.3 is 0 Å². The molecule has 0 amide bonds. The molecule has 1 aromatic rings. The van der Waals surface area contributed by atoms with Gasteiger partial charge in [-0.1, -0.05) is 0 Å². The SMILES string of the molecule is Fc1[c]cc(F)cc1. The molecule has 1 radical (unpaired) electrons. The van der Waals surface area contributed by atoms with Crippen LogP contribution in [0.5, 0.6) is 0 Å². The highest BCUT2D eigenvalue weighted by Gasteiger charge is 1.87. The van der Waals surface area contributed by atoms with Crippen molar-refractivity contribution in [2.45, 2.75) is 0 Å². The summed E-state index contributed by atoms with van der Waals surface area (Å²) in [4.78, 5) is 0. The van der Waals surface area contributed by atoms with E-state index in [1.54, 1.807) is 0 Å². The van der Waals surface area contributed by atoms with Crippen molar-refractivity contribution in [3.8, 4) is 0 Å². The molecule has 2 heteroatoms. The van der Waals surface area contributed by atoms with E-state index in [1.165, 1.54) is 0 Å². The summed E-state index contributed by atoms with van der Waals surface area (Å²) in [5.74, 6) is -1.00. The molecule has 1 rings (SSSR count). The van der Waals surface area contributed by atoms with Crippen LogP contribution in [0.4, 0.5) is 8.78 Å². The van der Waals surface area contributed by atoms with Crippen molar-refractivity contribution in [2.24, 2.45) is 0 Å². The quantitative estimate of drug-likeness (QED) is 0.481. The smallest absolute Gasteiger partial charge is 0.131 e. The number of benzene rings is 1. The van der Waals surface area contributed by atoms with Crippen molar-refractivity contribution in [1.82, 2.24) is 0 Å². The first-order valence-corrected chi connectivity index (χ1v) is 2.12. The minimum absolute atomic E-state index is 0.466. The van der Waals surface area contributed by atoms with Gasteiger partial charge in [0.05, 0.1) is 0 Å². The molecule has 0 spiro atoms. The molecule has 0 fully saturated rings. The highest BCUT2D eigenvalue weighted by Crippen LogP contribution is 1.97. The summed E-state index contributed by atoms with van der Waals surface area (Å²) in [5.41, 5.74) is 0. The Hall–Kier alpha value is -0.920. The van der Waals surface area contributed by atoms with Crippen LogP contribution in [0.1, 0.15) is 0 Å². The maximum Gasteiger partial charge on any atom is 0.131 e. The van der Waals surface area contributed by atoms with Crippen LogP contribution in [0.25, 0.3) is 0 Å². The van der Waals surface area contributed by atoms with Crippen molar-refractivity contribution < 1.29 is 8.78 Å². The van der Waals surface area contributed by atoms with Gasteiger partial charge in [-0.25, -0.2) is 8.78 Å². The van der Waals surface area contributed by atoms with Crippen LogP contribution in [0.3, 0.4) is 0 Å². The van der Waals surface area contributed by atoms with Crippen molar-refractivity contribution in [3.63, 3.8) is 0 Å². The average molecular weight is 113 g/mol. The van der Waals surface area contributed by atoms with E-state index in [1.807, 2.05) is 0 Å². The van der Waals surface area contributed by atoms with E-state index in [2.05, 4.69) is 6.07 Å². The van der Waals surface area contributed by atoms with Crippen LogP contribution in [0.15, 0.2) is 18.2 Å². The monoisotopic (exact) mass is 113 g/mol. The molecule has 8 heavy (non-hydrogen) atoms. The van der Waals surface area contributed by atoms with Crippen LogP contribution >= 0.6 is 0 Å². The van der Waals surface area contributed by atoms with Gasteiger partial charge in [-0.3, -0.25) is 0 Å². The summed E-state index contributed by atoms with van der Waals surface area (Å²) >= 11 is 0. The predicted octanol–water partition coefficient (Wildman–Crippen LogP) is 1.76. The predicted molar refractivity (Wildman–Crippen MR) is 25.2 cm³/mol. The van der Waals surface area contributed by atoms with E-state index in [0.29, 0.717) is 0 Å². The number of rotatable bonds is 0. The van der Waals surface area contributed by atoms with Gasteiger partial charge >= 0.3 is 0 Å². The maximum absolute atomic E-state index is 11.9. The second-order valence-corrected chi connectivity index (χ2v) is 1.35. The Bertz CT molecular complexity index is 145. The zero-order valence-electron chi connectivity index (χ0n) is 3.99. The van der Waals surface area contributed by atoms with E-state index in [9.17, 15) is 8.78 Å². The molecule has 0 aromatic heterocycles. The Morgan fingerprint density at radius 2 is 2.00 bits per heavy atom. The molecule has 0 N–H and O–H groups in total. The first-order valence-electron chi connectivity index (χ1n) is 2.12. The highest BCUT2D eigenvalue weighted by atomic mass is 19.1. The lowest BCUT2D eigenvalue weighted by Crippen LogP contribution is -1.73. The summed E-state index contributed by atoms with van der Waals surface area (Å²) in [7, 11) is 0. The molecule has 0 aliphatic rings. The third-order valence-corrected chi connectivity index (χ3v) is 0.737. The second kappa shape index (κ2) is 1.90. The molecule has 0 saturated heterocycles. The standard InChI is InChI=1S/C6H3F2/c7-5-1-2-6(8)4-3-5/h1-3H. The van der Waals surface area contributed by atoms with E-state index < -0.39 is 11.6 Å². The molecule has 1 aromatic carbocycles. The zero-order chi connectivity index (χ0) is 5.98. The fraction of sp³-hybridized carbons (Fsp3) is 0. The van der Waals surface area contributed by atoms with Crippen molar-refractivity contribution in [3.05, 3.63) is 35.9 Å². The third-order valence-electron chi connectivity index (χ3n) is 0.737. The Morgan fingerprint density at radius 3 is 2.38 bits per heavy atom. The van der Waals surface area contributed by atoms with Gasteiger partial charge in [0.2, 0.25) is 0 Å². The Kier molecular flexibility index (Phi) is 1.24.